The Morgan fingerprint density at radius 3 is 3.00 bits per heavy atom. The molecule has 1 aliphatic heterocycles. The Kier molecular flexibility index (Phi) is 4.32. The molecular formula is C9H19N7S. The molecule has 0 bridgehead atoms. The summed E-state index contributed by atoms with van der Waals surface area (Å²) in [4.78, 5) is 3.82. The second-order valence-electron chi connectivity index (χ2n) is 4.30. The van der Waals surface area contributed by atoms with E-state index in [-0.39, 0.29) is 6.04 Å². The maximum Gasteiger partial charge on any atom is 0.176 e. The minimum atomic E-state index is 0.164. The van der Waals surface area contributed by atoms with E-state index in [0.29, 0.717) is 12.5 Å². The highest BCUT2D eigenvalue weighted by molar-refractivity contribution is 7.99. The molecule has 2 rings (SSSR count). The third kappa shape index (κ3) is 3.15. The van der Waals surface area contributed by atoms with E-state index in [1.54, 1.807) is 7.05 Å². The van der Waals surface area contributed by atoms with Crippen molar-refractivity contribution in [3.05, 3.63) is 5.82 Å². The lowest BCUT2D eigenvalue weighted by Crippen LogP contribution is -2.55. The van der Waals surface area contributed by atoms with Gasteiger partial charge in [0.25, 0.3) is 0 Å². The molecule has 0 radical (unpaired) electrons. The molecule has 1 saturated heterocycles. The van der Waals surface area contributed by atoms with E-state index < -0.39 is 0 Å². The standard InChI is InChI=1S/C9H19N7S/c1-15-3-4-17-6-8(15)7(11-10)5-9-12-14-16(2)13-9/h7-8,11H,3-6,10H2,1-2H3. The first-order valence-corrected chi connectivity index (χ1v) is 6.83. The lowest BCUT2D eigenvalue weighted by Gasteiger charge is -2.37. The lowest BCUT2D eigenvalue weighted by atomic mass is 10.1. The van der Waals surface area contributed by atoms with E-state index in [1.165, 1.54) is 10.5 Å². The molecule has 0 aromatic carbocycles. The van der Waals surface area contributed by atoms with Gasteiger partial charge in [0, 0.05) is 36.6 Å². The van der Waals surface area contributed by atoms with Crippen LogP contribution in [0.2, 0.25) is 0 Å². The first-order valence-electron chi connectivity index (χ1n) is 5.67. The van der Waals surface area contributed by atoms with Crippen molar-refractivity contribution in [2.24, 2.45) is 12.9 Å². The molecule has 0 aliphatic carbocycles. The second-order valence-corrected chi connectivity index (χ2v) is 5.45. The van der Waals surface area contributed by atoms with Crippen molar-refractivity contribution in [2.45, 2.75) is 18.5 Å². The zero-order valence-corrected chi connectivity index (χ0v) is 11.0. The molecule has 0 spiro atoms. The maximum atomic E-state index is 5.65. The summed E-state index contributed by atoms with van der Waals surface area (Å²) < 4.78 is 0. The highest BCUT2D eigenvalue weighted by atomic mass is 32.2. The van der Waals surface area contributed by atoms with Crippen LogP contribution in [0, 0.1) is 0 Å². The van der Waals surface area contributed by atoms with E-state index in [1.807, 2.05) is 11.8 Å². The smallest absolute Gasteiger partial charge is 0.176 e. The summed E-state index contributed by atoms with van der Waals surface area (Å²) in [5.41, 5.74) is 2.89. The van der Waals surface area contributed by atoms with Crippen LogP contribution in [0.3, 0.4) is 0 Å². The second kappa shape index (κ2) is 5.76. The number of hydrogen-bond donors (Lipinski definition) is 2. The van der Waals surface area contributed by atoms with Gasteiger partial charge in [0.15, 0.2) is 5.82 Å². The van der Waals surface area contributed by atoms with E-state index >= 15 is 0 Å². The molecule has 0 saturated carbocycles. The molecule has 3 N–H and O–H groups in total. The van der Waals surface area contributed by atoms with Crippen LogP contribution < -0.4 is 11.3 Å². The molecule has 1 fully saturated rings. The van der Waals surface area contributed by atoms with Gasteiger partial charge in [0.2, 0.25) is 0 Å². The van der Waals surface area contributed by atoms with Crippen molar-refractivity contribution < 1.29 is 0 Å². The lowest BCUT2D eigenvalue weighted by molar-refractivity contribution is 0.213. The topological polar surface area (TPSA) is 84.9 Å². The van der Waals surface area contributed by atoms with Gasteiger partial charge in [0.05, 0.1) is 7.05 Å². The SMILES string of the molecule is CN1CCSCC1C(Cc1nnn(C)n1)NN. The van der Waals surface area contributed by atoms with Crippen LogP contribution in [0.5, 0.6) is 0 Å². The van der Waals surface area contributed by atoms with Gasteiger partial charge in [-0.25, -0.2) is 0 Å². The van der Waals surface area contributed by atoms with Crippen molar-refractivity contribution in [2.75, 3.05) is 25.1 Å². The summed E-state index contributed by atoms with van der Waals surface area (Å²) in [6.07, 6.45) is 0.708. The fourth-order valence-electron chi connectivity index (χ4n) is 2.04. The third-order valence-corrected chi connectivity index (χ3v) is 4.12. The number of thioether (sulfide) groups is 1. The predicted octanol–water partition coefficient (Wildman–Crippen LogP) is -1.37. The summed E-state index contributed by atoms with van der Waals surface area (Å²) in [6.45, 7) is 1.10. The number of tetrazole rings is 1. The number of likely N-dealkylation sites (N-methyl/N-ethyl adjacent to an activating group) is 1. The largest absolute Gasteiger partial charge is 0.300 e. The van der Waals surface area contributed by atoms with Crippen LogP contribution in [0.1, 0.15) is 5.82 Å². The third-order valence-electron chi connectivity index (χ3n) is 3.07. The monoisotopic (exact) mass is 257 g/mol. The Bertz CT molecular complexity index is 355. The van der Waals surface area contributed by atoms with E-state index in [4.69, 9.17) is 5.84 Å². The molecule has 0 amide bonds. The minimum Gasteiger partial charge on any atom is -0.300 e. The highest BCUT2D eigenvalue weighted by Crippen LogP contribution is 2.18. The first-order chi connectivity index (χ1) is 8.20. The number of aryl methyl sites for hydroxylation is 1. The Morgan fingerprint density at radius 2 is 2.41 bits per heavy atom. The number of hydrogen-bond acceptors (Lipinski definition) is 7. The fraction of sp³-hybridized carbons (Fsp3) is 0.889. The number of nitrogens with zero attached hydrogens (tertiary/aromatic N) is 5. The Balaban J connectivity index is 2.00. The highest BCUT2D eigenvalue weighted by Gasteiger charge is 2.28. The number of rotatable bonds is 4. The summed E-state index contributed by atoms with van der Waals surface area (Å²) in [7, 11) is 3.91. The fourth-order valence-corrected chi connectivity index (χ4v) is 3.35. The van der Waals surface area contributed by atoms with Crippen LogP contribution in [0.4, 0.5) is 0 Å². The molecule has 1 aromatic heterocycles. The Morgan fingerprint density at radius 1 is 1.59 bits per heavy atom. The maximum absolute atomic E-state index is 5.65. The van der Waals surface area contributed by atoms with Crippen LogP contribution in [0.15, 0.2) is 0 Å². The average molecular weight is 257 g/mol. The number of nitrogens with two attached hydrogens (primary N) is 1. The van der Waals surface area contributed by atoms with Crippen molar-refractivity contribution in [3.8, 4) is 0 Å². The molecule has 2 unspecified atom stereocenters. The van der Waals surface area contributed by atoms with E-state index in [0.717, 1.165) is 18.1 Å². The van der Waals surface area contributed by atoms with Gasteiger partial charge in [-0.2, -0.15) is 16.6 Å². The molecule has 96 valence electrons. The minimum absolute atomic E-state index is 0.164. The van der Waals surface area contributed by atoms with Crippen LogP contribution in [-0.2, 0) is 13.5 Å². The number of nitrogens with one attached hydrogen (secondary N) is 1. The molecule has 1 aromatic rings. The quantitative estimate of drug-likeness (QED) is 0.508. The Labute approximate surface area is 105 Å². The van der Waals surface area contributed by atoms with Crippen molar-refractivity contribution >= 4 is 11.8 Å². The van der Waals surface area contributed by atoms with Crippen molar-refractivity contribution in [1.29, 1.82) is 0 Å². The van der Waals surface area contributed by atoms with Gasteiger partial charge >= 0.3 is 0 Å². The normalized spacial score (nSPS) is 23.8. The molecule has 1 aliphatic rings. The first kappa shape index (κ1) is 12.7. The van der Waals surface area contributed by atoms with Crippen LogP contribution in [-0.4, -0.2) is 62.3 Å². The van der Waals surface area contributed by atoms with Gasteiger partial charge in [-0.1, -0.05) is 0 Å². The van der Waals surface area contributed by atoms with Gasteiger partial charge in [-0.15, -0.1) is 10.2 Å². The van der Waals surface area contributed by atoms with E-state index in [2.05, 4.69) is 32.8 Å². The molecule has 2 heterocycles. The van der Waals surface area contributed by atoms with Crippen LogP contribution >= 0.6 is 11.8 Å². The average Bonchev–Trinajstić information content (AvgIpc) is 2.73. The molecular weight excluding hydrogens is 238 g/mol. The zero-order chi connectivity index (χ0) is 12.3. The van der Waals surface area contributed by atoms with Crippen molar-refractivity contribution in [1.82, 2.24) is 30.5 Å². The van der Waals surface area contributed by atoms with Gasteiger partial charge in [-0.05, 0) is 12.3 Å². The van der Waals surface area contributed by atoms with Gasteiger partial charge in [-0.3, -0.25) is 11.3 Å². The Hall–Kier alpha value is -0.700. The molecule has 2 atom stereocenters. The number of aromatic nitrogens is 4. The molecule has 8 heteroatoms. The summed E-state index contributed by atoms with van der Waals surface area (Å²) in [5.74, 6) is 8.66. The van der Waals surface area contributed by atoms with E-state index in [9.17, 15) is 0 Å². The predicted molar refractivity (Wildman–Crippen MR) is 67.4 cm³/mol. The summed E-state index contributed by atoms with van der Waals surface area (Å²) in [6, 6.07) is 0.583. The van der Waals surface area contributed by atoms with Gasteiger partial charge < -0.3 is 4.90 Å². The summed E-state index contributed by atoms with van der Waals surface area (Å²) >= 11 is 1.97. The number of hydrazine groups is 1. The van der Waals surface area contributed by atoms with Crippen molar-refractivity contribution in [3.63, 3.8) is 0 Å². The van der Waals surface area contributed by atoms with Crippen LogP contribution in [0.25, 0.3) is 0 Å². The van der Waals surface area contributed by atoms with Gasteiger partial charge in [0.1, 0.15) is 0 Å². The summed E-state index contributed by atoms with van der Waals surface area (Å²) in [5, 5.41) is 12.0. The molecule has 7 nitrogen and oxygen atoms in total. The molecule has 17 heavy (non-hydrogen) atoms. The zero-order valence-electron chi connectivity index (χ0n) is 10.2.